The number of carbonyl (C=O) groups is 3. The molecule has 0 aliphatic heterocycles. The van der Waals surface area contributed by atoms with E-state index in [0.29, 0.717) is 5.69 Å². The Hall–Kier alpha value is -3.95. The maximum atomic E-state index is 13.5. The number of nitrogens with one attached hydrogen (secondary N) is 2. The van der Waals surface area contributed by atoms with E-state index in [9.17, 15) is 23.9 Å². The number of Topliss-reactive ketones (excluding diaryl/α,β-unsaturated/α-hetero) is 1. The fourth-order valence-electron chi connectivity index (χ4n) is 3.06. The number of benzene rings is 1. The van der Waals surface area contributed by atoms with Crippen molar-refractivity contribution in [1.29, 1.82) is 5.26 Å². The molecule has 0 aliphatic rings. The van der Waals surface area contributed by atoms with E-state index < -0.39 is 35.6 Å². The van der Waals surface area contributed by atoms with Crippen LogP contribution in [-0.2, 0) is 11.8 Å². The summed E-state index contributed by atoms with van der Waals surface area (Å²) in [6.45, 7) is 3.91. The molecule has 2 aromatic rings. The van der Waals surface area contributed by atoms with Crippen LogP contribution >= 0.6 is 0 Å². The summed E-state index contributed by atoms with van der Waals surface area (Å²) in [5, 5.41) is 23.2. The minimum absolute atomic E-state index is 0.0271. The van der Waals surface area contributed by atoms with E-state index in [1.165, 1.54) is 30.5 Å². The van der Waals surface area contributed by atoms with Crippen LogP contribution in [-0.4, -0.2) is 39.4 Å². The first-order valence-electron chi connectivity index (χ1n) is 9.12. The lowest BCUT2D eigenvalue weighted by Crippen LogP contribution is -2.50. The molecule has 2 rings (SSSR count). The first kappa shape index (κ1) is 23.3. The molecular formula is C22H21FN4O4. The molecule has 0 fully saturated rings. The van der Waals surface area contributed by atoms with E-state index in [1.54, 1.807) is 20.0 Å². The lowest BCUT2D eigenvalue weighted by atomic mass is 10.0. The molecule has 1 aromatic carbocycles. The number of aliphatic hydroxyl groups excluding tert-OH is 1. The quantitative estimate of drug-likeness (QED) is 0.369. The van der Waals surface area contributed by atoms with Gasteiger partial charge in [-0.3, -0.25) is 14.4 Å². The summed E-state index contributed by atoms with van der Waals surface area (Å²) < 4.78 is 15.0. The van der Waals surface area contributed by atoms with Gasteiger partial charge < -0.3 is 20.3 Å². The van der Waals surface area contributed by atoms with Gasteiger partial charge in [0, 0.05) is 18.4 Å². The number of aliphatic hydroxyl groups is 1. The number of nitrogens with zero attached hydrogens (tertiary/aromatic N) is 2. The molecule has 8 nitrogen and oxygen atoms in total. The second-order valence-corrected chi connectivity index (χ2v) is 7.17. The molecule has 0 unspecified atom stereocenters. The number of terminal acetylenes is 1. The van der Waals surface area contributed by atoms with Gasteiger partial charge in [0.1, 0.15) is 23.1 Å². The maximum Gasteiger partial charge on any atom is 0.293 e. The summed E-state index contributed by atoms with van der Waals surface area (Å²) in [7, 11) is 1.55. The smallest absolute Gasteiger partial charge is 0.293 e. The Balaban J connectivity index is 2.39. The minimum atomic E-state index is -1.41. The van der Waals surface area contributed by atoms with Crippen molar-refractivity contribution in [3.63, 3.8) is 0 Å². The van der Waals surface area contributed by atoms with Crippen LogP contribution in [0, 0.1) is 43.3 Å². The van der Waals surface area contributed by atoms with Crippen LogP contribution in [0.15, 0.2) is 18.2 Å². The number of amides is 2. The number of hydrogen-bond acceptors (Lipinski definition) is 5. The van der Waals surface area contributed by atoms with Gasteiger partial charge in [0.15, 0.2) is 0 Å². The van der Waals surface area contributed by atoms with E-state index in [1.807, 2.05) is 0 Å². The van der Waals surface area contributed by atoms with Gasteiger partial charge in [-0.1, -0.05) is 5.92 Å². The van der Waals surface area contributed by atoms with Gasteiger partial charge in [-0.25, -0.2) is 4.39 Å². The predicted octanol–water partition coefficient (Wildman–Crippen LogP) is 1.59. The number of anilines is 1. The van der Waals surface area contributed by atoms with Crippen molar-refractivity contribution in [3.05, 3.63) is 52.1 Å². The lowest BCUT2D eigenvalue weighted by Gasteiger charge is -2.21. The van der Waals surface area contributed by atoms with Crippen molar-refractivity contribution in [3.8, 4) is 18.4 Å². The second-order valence-electron chi connectivity index (χ2n) is 7.17. The Kier molecular flexibility index (Phi) is 6.64. The Labute approximate surface area is 178 Å². The third-order valence-corrected chi connectivity index (χ3v) is 4.95. The number of ketones is 1. The standard InChI is InChI=1S/C22H21FN4O4/c1-6-22(4,11-28)26-21(31)19(29)17-12(2)18(27(5)13(17)3)20(30)25-15-7-8-16(23)14(9-15)10-24/h1,7-9,28H,11H2,2-5H3,(H,25,30)(H,26,31)/t22-/m0/s1. The third-order valence-electron chi connectivity index (χ3n) is 4.95. The molecule has 0 saturated carbocycles. The number of rotatable bonds is 6. The summed E-state index contributed by atoms with van der Waals surface area (Å²) in [4.78, 5) is 38.0. The molecule has 0 radical (unpaired) electrons. The minimum Gasteiger partial charge on any atom is -0.393 e. The fourth-order valence-corrected chi connectivity index (χ4v) is 3.06. The number of aromatic nitrogens is 1. The zero-order chi connectivity index (χ0) is 23.5. The Bertz CT molecular complexity index is 1170. The van der Waals surface area contributed by atoms with Crippen molar-refractivity contribution in [2.75, 3.05) is 11.9 Å². The van der Waals surface area contributed by atoms with Gasteiger partial charge in [0.05, 0.1) is 17.7 Å². The number of carbonyl (C=O) groups excluding carboxylic acids is 3. The van der Waals surface area contributed by atoms with E-state index in [0.717, 1.165) is 6.07 Å². The molecule has 160 valence electrons. The lowest BCUT2D eigenvalue weighted by molar-refractivity contribution is -0.118. The predicted molar refractivity (Wildman–Crippen MR) is 111 cm³/mol. The van der Waals surface area contributed by atoms with E-state index >= 15 is 0 Å². The van der Waals surface area contributed by atoms with Crippen LogP contribution in [0.2, 0.25) is 0 Å². The highest BCUT2D eigenvalue weighted by Crippen LogP contribution is 2.24. The fraction of sp³-hybridized carbons (Fsp3) is 0.273. The van der Waals surface area contributed by atoms with Crippen molar-refractivity contribution >= 4 is 23.3 Å². The number of hydrogen-bond donors (Lipinski definition) is 3. The monoisotopic (exact) mass is 424 g/mol. The molecule has 0 saturated heterocycles. The molecule has 9 heteroatoms. The molecule has 1 heterocycles. The summed E-state index contributed by atoms with van der Waals surface area (Å²) in [6, 6.07) is 5.23. The van der Waals surface area contributed by atoms with Crippen LogP contribution in [0.3, 0.4) is 0 Å². The largest absolute Gasteiger partial charge is 0.393 e. The SMILES string of the molecule is C#C[C@@](C)(CO)NC(=O)C(=O)c1c(C)c(C(=O)Nc2ccc(F)c(C#N)c2)n(C)c1C. The highest BCUT2D eigenvalue weighted by molar-refractivity contribution is 6.43. The second kappa shape index (κ2) is 8.82. The van der Waals surface area contributed by atoms with Gasteiger partial charge in [-0.05, 0) is 44.5 Å². The van der Waals surface area contributed by atoms with E-state index in [4.69, 9.17) is 11.7 Å². The average molecular weight is 424 g/mol. The van der Waals surface area contributed by atoms with Crippen LogP contribution in [0.1, 0.15) is 44.6 Å². The van der Waals surface area contributed by atoms with Crippen molar-refractivity contribution < 1.29 is 23.9 Å². The topological polar surface area (TPSA) is 124 Å². The van der Waals surface area contributed by atoms with Gasteiger partial charge >= 0.3 is 0 Å². The average Bonchev–Trinajstić information content (AvgIpc) is 2.96. The molecule has 0 aliphatic carbocycles. The molecule has 0 bridgehead atoms. The summed E-state index contributed by atoms with van der Waals surface area (Å²) in [5.41, 5.74) is -0.689. The molecular weight excluding hydrogens is 403 g/mol. The Morgan fingerprint density at radius 2 is 1.97 bits per heavy atom. The van der Waals surface area contributed by atoms with Gasteiger partial charge in [0.2, 0.25) is 0 Å². The third kappa shape index (κ3) is 4.47. The van der Waals surface area contributed by atoms with Crippen molar-refractivity contribution in [2.24, 2.45) is 7.05 Å². The maximum absolute atomic E-state index is 13.5. The van der Waals surface area contributed by atoms with E-state index in [2.05, 4.69) is 16.6 Å². The summed E-state index contributed by atoms with van der Waals surface area (Å²) in [5.74, 6) is -1.04. The molecule has 0 spiro atoms. The van der Waals surface area contributed by atoms with Crippen LogP contribution in [0.4, 0.5) is 10.1 Å². The molecule has 1 aromatic heterocycles. The Morgan fingerprint density at radius 1 is 1.32 bits per heavy atom. The molecule has 1 atom stereocenters. The summed E-state index contributed by atoms with van der Waals surface area (Å²) in [6.07, 6.45) is 5.30. The van der Waals surface area contributed by atoms with Crippen LogP contribution < -0.4 is 10.6 Å². The van der Waals surface area contributed by atoms with Crippen LogP contribution in [0.5, 0.6) is 0 Å². The number of halogens is 1. The normalized spacial score (nSPS) is 12.3. The molecule has 3 N–H and O–H groups in total. The zero-order valence-corrected chi connectivity index (χ0v) is 17.5. The molecule has 2 amide bonds. The van der Waals surface area contributed by atoms with Crippen molar-refractivity contribution in [2.45, 2.75) is 26.3 Å². The van der Waals surface area contributed by atoms with Gasteiger partial charge in [-0.2, -0.15) is 5.26 Å². The van der Waals surface area contributed by atoms with E-state index in [-0.39, 0.29) is 28.1 Å². The zero-order valence-electron chi connectivity index (χ0n) is 17.5. The highest BCUT2D eigenvalue weighted by Gasteiger charge is 2.32. The summed E-state index contributed by atoms with van der Waals surface area (Å²) >= 11 is 0. The molecule has 31 heavy (non-hydrogen) atoms. The Morgan fingerprint density at radius 3 is 2.52 bits per heavy atom. The first-order chi connectivity index (χ1) is 14.5. The first-order valence-corrected chi connectivity index (χ1v) is 9.12. The van der Waals surface area contributed by atoms with Gasteiger partial charge in [0.25, 0.3) is 17.6 Å². The highest BCUT2D eigenvalue weighted by atomic mass is 19.1. The van der Waals surface area contributed by atoms with Gasteiger partial charge in [-0.15, -0.1) is 6.42 Å². The number of nitriles is 1. The van der Waals surface area contributed by atoms with Crippen LogP contribution in [0.25, 0.3) is 0 Å². The van der Waals surface area contributed by atoms with Crippen molar-refractivity contribution in [1.82, 2.24) is 9.88 Å².